The first kappa shape index (κ1) is 19.2. The number of nitrogens with zero attached hydrogens (tertiary/aromatic N) is 2. The van der Waals surface area contributed by atoms with Gasteiger partial charge in [-0.3, -0.25) is 4.79 Å². The molecule has 7 heteroatoms. The summed E-state index contributed by atoms with van der Waals surface area (Å²) in [7, 11) is 1.63. The number of methoxy groups -OCH3 is 1. The Balaban J connectivity index is 1.55. The average Bonchev–Trinajstić information content (AvgIpc) is 2.68. The summed E-state index contributed by atoms with van der Waals surface area (Å²) in [5.74, 6) is 0.986. The van der Waals surface area contributed by atoms with Crippen molar-refractivity contribution < 1.29 is 14.6 Å². The van der Waals surface area contributed by atoms with Crippen molar-refractivity contribution in [3.8, 4) is 11.5 Å². The van der Waals surface area contributed by atoms with Crippen LogP contribution >= 0.6 is 11.9 Å². The quantitative estimate of drug-likeness (QED) is 0.773. The van der Waals surface area contributed by atoms with Crippen molar-refractivity contribution in [2.24, 2.45) is 0 Å². The Morgan fingerprint density at radius 3 is 2.48 bits per heavy atom. The van der Waals surface area contributed by atoms with Gasteiger partial charge in [0.2, 0.25) is 0 Å². The first-order chi connectivity index (χ1) is 13.0. The minimum Gasteiger partial charge on any atom is -0.508 e. The van der Waals surface area contributed by atoms with Crippen molar-refractivity contribution in [2.45, 2.75) is 13.8 Å². The number of carbonyl (C=O) groups excluding carboxylic acids is 1. The Hall–Kier alpha value is -2.54. The number of aromatic hydroxyl groups is 1. The highest BCUT2D eigenvalue weighted by atomic mass is 32.2. The van der Waals surface area contributed by atoms with E-state index < -0.39 is 0 Å². The number of piperazine rings is 1. The number of phenolic OH excluding ortho intramolecular Hbond substituents is 1. The summed E-state index contributed by atoms with van der Waals surface area (Å²) >= 11 is 1.08. The van der Waals surface area contributed by atoms with Gasteiger partial charge in [0.05, 0.1) is 12.8 Å². The minimum atomic E-state index is -0.00848. The van der Waals surface area contributed by atoms with Crippen LogP contribution in [-0.2, 0) is 0 Å². The van der Waals surface area contributed by atoms with Gasteiger partial charge in [-0.2, -0.15) is 0 Å². The van der Waals surface area contributed by atoms with Gasteiger partial charge in [-0.15, -0.1) is 0 Å². The molecule has 0 atom stereocenters. The van der Waals surface area contributed by atoms with Crippen molar-refractivity contribution in [1.82, 2.24) is 4.90 Å². The summed E-state index contributed by atoms with van der Waals surface area (Å²) in [5, 5.41) is 9.62. The molecule has 2 N–H and O–H groups in total. The summed E-state index contributed by atoms with van der Waals surface area (Å²) < 4.78 is 8.54. The molecule has 3 rings (SSSR count). The summed E-state index contributed by atoms with van der Waals surface area (Å²) in [6.45, 7) is 6.84. The van der Waals surface area contributed by atoms with Crippen LogP contribution in [0.4, 0.5) is 16.2 Å². The van der Waals surface area contributed by atoms with Crippen LogP contribution in [-0.4, -0.2) is 48.5 Å². The number of amides is 1. The SMILES string of the molecule is COc1cc(C)c(C)cc1NSC(=O)N1CCN(c2cccc(O)c2)CC1. The molecular formula is C20H25N3O3S. The van der Waals surface area contributed by atoms with E-state index in [1.807, 2.05) is 43.0 Å². The van der Waals surface area contributed by atoms with Crippen LogP contribution in [0.5, 0.6) is 11.5 Å². The average molecular weight is 388 g/mol. The zero-order chi connectivity index (χ0) is 19.4. The summed E-state index contributed by atoms with van der Waals surface area (Å²) in [6.07, 6.45) is 0. The summed E-state index contributed by atoms with van der Waals surface area (Å²) in [5.41, 5.74) is 4.08. The van der Waals surface area contributed by atoms with Crippen molar-refractivity contribution in [1.29, 1.82) is 0 Å². The van der Waals surface area contributed by atoms with Crippen LogP contribution in [0.1, 0.15) is 11.1 Å². The standard InChI is InChI=1S/C20H25N3O3S/c1-14-11-18(19(26-3)12-15(14)2)21-27-20(25)23-9-7-22(8-10-23)16-5-4-6-17(24)13-16/h4-6,11-13,21,24H,7-10H2,1-3H3. The van der Waals surface area contributed by atoms with E-state index >= 15 is 0 Å². The molecule has 6 nitrogen and oxygen atoms in total. The van der Waals surface area contributed by atoms with Gasteiger partial charge in [0.15, 0.2) is 0 Å². The number of aryl methyl sites for hydroxylation is 2. The van der Waals surface area contributed by atoms with Crippen LogP contribution in [0, 0.1) is 13.8 Å². The number of nitrogens with one attached hydrogen (secondary N) is 1. The molecule has 144 valence electrons. The number of carbonyl (C=O) groups is 1. The fraction of sp³-hybridized carbons (Fsp3) is 0.350. The van der Waals surface area contributed by atoms with E-state index in [1.54, 1.807) is 19.2 Å². The number of anilines is 2. The molecule has 0 spiro atoms. The van der Waals surface area contributed by atoms with Gasteiger partial charge >= 0.3 is 5.24 Å². The summed E-state index contributed by atoms with van der Waals surface area (Å²) in [6, 6.07) is 11.2. The molecular weight excluding hydrogens is 362 g/mol. The lowest BCUT2D eigenvalue weighted by Crippen LogP contribution is -2.47. The highest BCUT2D eigenvalue weighted by molar-refractivity contribution is 8.14. The monoisotopic (exact) mass is 387 g/mol. The third kappa shape index (κ3) is 4.60. The number of hydrogen-bond acceptors (Lipinski definition) is 6. The molecule has 0 saturated carbocycles. The normalized spacial score (nSPS) is 14.2. The first-order valence-corrected chi connectivity index (χ1v) is 9.70. The van der Waals surface area contributed by atoms with E-state index in [-0.39, 0.29) is 11.0 Å². The molecule has 0 radical (unpaired) electrons. The topological polar surface area (TPSA) is 65.0 Å². The van der Waals surface area contributed by atoms with Gasteiger partial charge in [0.1, 0.15) is 11.5 Å². The molecule has 27 heavy (non-hydrogen) atoms. The number of phenols is 1. The van der Waals surface area contributed by atoms with Gasteiger partial charge in [-0.1, -0.05) is 6.07 Å². The van der Waals surface area contributed by atoms with E-state index in [0.717, 1.165) is 53.3 Å². The van der Waals surface area contributed by atoms with Crippen LogP contribution in [0.15, 0.2) is 36.4 Å². The largest absolute Gasteiger partial charge is 0.508 e. The van der Waals surface area contributed by atoms with Crippen LogP contribution in [0.2, 0.25) is 0 Å². The van der Waals surface area contributed by atoms with Gasteiger partial charge in [-0.25, -0.2) is 0 Å². The molecule has 0 unspecified atom stereocenters. The van der Waals surface area contributed by atoms with Crippen LogP contribution < -0.4 is 14.4 Å². The van der Waals surface area contributed by atoms with Gasteiger partial charge in [0.25, 0.3) is 0 Å². The van der Waals surface area contributed by atoms with E-state index in [0.29, 0.717) is 13.1 Å². The first-order valence-electron chi connectivity index (χ1n) is 8.89. The Morgan fingerprint density at radius 1 is 1.11 bits per heavy atom. The number of rotatable bonds is 4. The van der Waals surface area contributed by atoms with Gasteiger partial charge in [-0.05, 0) is 49.2 Å². The smallest absolute Gasteiger partial charge is 0.302 e. The van der Waals surface area contributed by atoms with Crippen molar-refractivity contribution in [3.63, 3.8) is 0 Å². The maximum Gasteiger partial charge on any atom is 0.302 e. The Labute approximate surface area is 164 Å². The minimum absolute atomic E-state index is 0.00848. The van der Waals surface area contributed by atoms with E-state index in [2.05, 4.69) is 9.62 Å². The second-order valence-electron chi connectivity index (χ2n) is 6.60. The maximum atomic E-state index is 12.5. The Morgan fingerprint density at radius 2 is 1.81 bits per heavy atom. The highest BCUT2D eigenvalue weighted by Crippen LogP contribution is 2.30. The molecule has 1 fully saturated rings. The molecule has 1 saturated heterocycles. The highest BCUT2D eigenvalue weighted by Gasteiger charge is 2.22. The molecule has 1 amide bonds. The molecule has 1 aliphatic rings. The lowest BCUT2D eigenvalue weighted by Gasteiger charge is -2.35. The number of ether oxygens (including phenoxy) is 1. The fourth-order valence-electron chi connectivity index (χ4n) is 3.04. The predicted octanol–water partition coefficient (Wildman–Crippen LogP) is 4.02. The Kier molecular flexibility index (Phi) is 6.01. The lowest BCUT2D eigenvalue weighted by atomic mass is 10.1. The molecule has 2 aromatic rings. The lowest BCUT2D eigenvalue weighted by molar-refractivity contribution is 0.219. The van der Waals surface area contributed by atoms with Gasteiger partial charge < -0.3 is 24.4 Å². The maximum absolute atomic E-state index is 12.5. The number of hydrogen-bond donors (Lipinski definition) is 2. The van der Waals surface area contributed by atoms with Crippen molar-refractivity contribution in [3.05, 3.63) is 47.5 Å². The van der Waals surface area contributed by atoms with Gasteiger partial charge in [0, 0.05) is 49.9 Å². The van der Waals surface area contributed by atoms with Crippen molar-refractivity contribution >= 4 is 28.6 Å². The predicted molar refractivity (Wildman–Crippen MR) is 111 cm³/mol. The summed E-state index contributed by atoms with van der Waals surface area (Å²) in [4.78, 5) is 16.6. The zero-order valence-corrected chi connectivity index (χ0v) is 16.7. The molecule has 2 aromatic carbocycles. The molecule has 0 aliphatic carbocycles. The van der Waals surface area contributed by atoms with E-state index in [1.165, 1.54) is 0 Å². The van der Waals surface area contributed by atoms with Crippen molar-refractivity contribution in [2.75, 3.05) is 42.9 Å². The second kappa shape index (κ2) is 8.43. The van der Waals surface area contributed by atoms with E-state index in [4.69, 9.17) is 4.74 Å². The zero-order valence-electron chi connectivity index (χ0n) is 15.9. The van der Waals surface area contributed by atoms with Crippen LogP contribution in [0.3, 0.4) is 0 Å². The van der Waals surface area contributed by atoms with E-state index in [9.17, 15) is 9.90 Å². The molecule has 1 aliphatic heterocycles. The fourth-order valence-corrected chi connectivity index (χ4v) is 3.71. The molecule has 0 bridgehead atoms. The second-order valence-corrected chi connectivity index (χ2v) is 7.36. The number of benzene rings is 2. The third-order valence-electron chi connectivity index (χ3n) is 4.80. The van der Waals surface area contributed by atoms with Crippen LogP contribution in [0.25, 0.3) is 0 Å². The Bertz CT molecular complexity index is 820. The molecule has 0 aromatic heterocycles. The molecule has 1 heterocycles. The third-order valence-corrected chi connectivity index (χ3v) is 5.55.